The molecular weight excluding hydrogens is 440 g/mol. The summed E-state index contributed by atoms with van der Waals surface area (Å²) in [6, 6.07) is 8.80. The average Bonchev–Trinajstić information content (AvgIpc) is 2.80. The molecule has 0 saturated carbocycles. The molecule has 0 aliphatic carbocycles. The summed E-state index contributed by atoms with van der Waals surface area (Å²) in [4.78, 5) is 0. The van der Waals surface area contributed by atoms with Crippen LogP contribution in [-0.2, 0) is 10.8 Å². The number of unbranched alkanes of at least 4 members (excludes halogenated alkanes) is 2. The van der Waals surface area contributed by atoms with E-state index >= 15 is 0 Å². The molecule has 0 aliphatic heterocycles. The van der Waals surface area contributed by atoms with Gasteiger partial charge in [0.25, 0.3) is 0 Å². The molecule has 2 unspecified atom stereocenters. The number of benzene rings is 2. The van der Waals surface area contributed by atoms with E-state index in [-0.39, 0.29) is 10.8 Å². The van der Waals surface area contributed by atoms with Crippen LogP contribution in [0, 0.1) is 0 Å². The molecule has 2 nitrogen and oxygen atoms in total. The normalized spacial score (nSPS) is 14.2. The lowest BCUT2D eigenvalue weighted by molar-refractivity contribution is 0.439. The molecule has 2 N–H and O–H groups in total. The molecule has 2 aromatic carbocycles. The monoisotopic (exact) mass is 494 g/mol. The van der Waals surface area contributed by atoms with Crippen LogP contribution in [0.4, 0.5) is 0 Å². The maximum Gasteiger partial charge on any atom is 0.127 e. The van der Waals surface area contributed by atoms with E-state index in [1.807, 2.05) is 0 Å². The molecule has 36 heavy (non-hydrogen) atoms. The highest BCUT2D eigenvalue weighted by Gasteiger charge is 2.28. The summed E-state index contributed by atoms with van der Waals surface area (Å²) in [7, 11) is 0. The van der Waals surface area contributed by atoms with Crippen molar-refractivity contribution >= 4 is 0 Å². The van der Waals surface area contributed by atoms with E-state index in [2.05, 4.69) is 93.5 Å². The van der Waals surface area contributed by atoms with Crippen LogP contribution in [0.5, 0.6) is 11.5 Å². The highest BCUT2D eigenvalue weighted by atomic mass is 16.3. The third kappa shape index (κ3) is 7.08. The van der Waals surface area contributed by atoms with E-state index in [1.165, 1.54) is 36.8 Å². The number of phenolic OH excluding ortho intramolecular Hbond substituents is 2. The zero-order chi connectivity index (χ0) is 27.3. The first-order valence-corrected chi connectivity index (χ1v) is 14.5. The van der Waals surface area contributed by atoms with Crippen LogP contribution in [0.25, 0.3) is 11.1 Å². The smallest absolute Gasteiger partial charge is 0.127 e. The van der Waals surface area contributed by atoms with Crippen LogP contribution in [0.2, 0.25) is 0 Å². The summed E-state index contributed by atoms with van der Waals surface area (Å²) >= 11 is 0. The van der Waals surface area contributed by atoms with Crippen molar-refractivity contribution in [3.8, 4) is 22.6 Å². The number of aromatic hydroxyl groups is 2. The zero-order valence-corrected chi connectivity index (χ0v) is 25.0. The molecule has 0 amide bonds. The molecule has 0 radical (unpaired) electrons. The first-order chi connectivity index (χ1) is 16.8. The van der Waals surface area contributed by atoms with Gasteiger partial charge in [0.1, 0.15) is 11.5 Å². The zero-order valence-electron chi connectivity index (χ0n) is 25.0. The minimum absolute atomic E-state index is 0.203. The Balaban J connectivity index is 2.90. The fourth-order valence-electron chi connectivity index (χ4n) is 5.45. The van der Waals surface area contributed by atoms with E-state index in [1.54, 1.807) is 0 Å². The lowest BCUT2D eigenvalue weighted by atomic mass is 9.77. The number of phenols is 2. The largest absolute Gasteiger partial charge is 0.507 e. The van der Waals surface area contributed by atoms with Crippen LogP contribution in [0.1, 0.15) is 155 Å². The minimum Gasteiger partial charge on any atom is -0.507 e. The van der Waals surface area contributed by atoms with Crippen LogP contribution in [0.3, 0.4) is 0 Å². The van der Waals surface area contributed by atoms with Crippen LogP contribution in [-0.4, -0.2) is 10.2 Å². The van der Waals surface area contributed by atoms with Crippen LogP contribution < -0.4 is 0 Å². The number of rotatable bonds is 11. The molecule has 0 bridgehead atoms. The van der Waals surface area contributed by atoms with Crippen molar-refractivity contribution in [2.75, 3.05) is 0 Å². The molecule has 2 rings (SSSR count). The van der Waals surface area contributed by atoms with Gasteiger partial charge in [-0.3, -0.25) is 0 Å². The highest BCUT2D eigenvalue weighted by molar-refractivity contribution is 5.80. The summed E-state index contributed by atoms with van der Waals surface area (Å²) in [5.74, 6) is 1.52. The molecule has 202 valence electrons. The standard InChI is InChI=1S/C34H54O2/c1-11-15-17-23(13-3)25-19-27(31(35)29(21-25)33(5,6)7)28-20-26(24(14-4)18-16-12-2)22-30(32(28)36)34(8,9)10/h19-24,35-36H,11-18H2,1-10H3. The third-order valence-corrected chi connectivity index (χ3v) is 7.91. The van der Waals surface area contributed by atoms with Crippen molar-refractivity contribution in [1.82, 2.24) is 0 Å². The van der Waals surface area contributed by atoms with Crippen molar-refractivity contribution in [3.63, 3.8) is 0 Å². The van der Waals surface area contributed by atoms with Gasteiger partial charge in [-0.25, -0.2) is 0 Å². The molecule has 0 fully saturated rings. The number of hydrogen-bond donors (Lipinski definition) is 2. The van der Waals surface area contributed by atoms with Crippen LogP contribution >= 0.6 is 0 Å². The van der Waals surface area contributed by atoms with Crippen LogP contribution in [0.15, 0.2) is 24.3 Å². The van der Waals surface area contributed by atoms with Crippen molar-refractivity contribution < 1.29 is 10.2 Å². The van der Waals surface area contributed by atoms with Crippen molar-refractivity contribution in [3.05, 3.63) is 46.5 Å². The fraction of sp³-hybridized carbons (Fsp3) is 0.647. The predicted molar refractivity (Wildman–Crippen MR) is 158 cm³/mol. The summed E-state index contributed by atoms with van der Waals surface area (Å²) in [6.07, 6.45) is 9.20. The predicted octanol–water partition coefficient (Wildman–Crippen LogP) is 10.7. The molecule has 0 saturated heterocycles. The second-order valence-corrected chi connectivity index (χ2v) is 12.9. The van der Waals surface area contributed by atoms with E-state index < -0.39 is 0 Å². The van der Waals surface area contributed by atoms with Gasteiger partial charge in [-0.15, -0.1) is 0 Å². The van der Waals surface area contributed by atoms with Gasteiger partial charge in [0, 0.05) is 22.3 Å². The van der Waals surface area contributed by atoms with Gasteiger partial charge >= 0.3 is 0 Å². The maximum atomic E-state index is 11.7. The van der Waals surface area contributed by atoms with E-state index in [9.17, 15) is 10.2 Å². The topological polar surface area (TPSA) is 40.5 Å². The number of hydrogen-bond acceptors (Lipinski definition) is 2. The van der Waals surface area contributed by atoms with Gasteiger partial charge in [-0.05, 0) is 71.6 Å². The molecule has 2 aromatic rings. The molecule has 0 aliphatic rings. The van der Waals surface area contributed by atoms with Crippen molar-refractivity contribution in [2.45, 2.75) is 143 Å². The first-order valence-electron chi connectivity index (χ1n) is 14.5. The van der Waals surface area contributed by atoms with Gasteiger partial charge in [0.15, 0.2) is 0 Å². The molecule has 2 heteroatoms. The second kappa shape index (κ2) is 12.5. The van der Waals surface area contributed by atoms with Gasteiger partial charge in [-0.2, -0.15) is 0 Å². The molecule has 0 spiro atoms. The Morgan fingerprint density at radius 1 is 0.583 bits per heavy atom. The lowest BCUT2D eigenvalue weighted by Gasteiger charge is -2.28. The Morgan fingerprint density at radius 3 is 1.17 bits per heavy atom. The Bertz CT molecular complexity index is 906. The molecule has 2 atom stereocenters. The van der Waals surface area contributed by atoms with Gasteiger partial charge in [-0.1, -0.05) is 107 Å². The summed E-state index contributed by atoms with van der Waals surface area (Å²) < 4.78 is 0. The first kappa shape index (κ1) is 30.3. The molecule has 0 aromatic heterocycles. The summed E-state index contributed by atoms with van der Waals surface area (Å²) in [6.45, 7) is 22.0. The van der Waals surface area contributed by atoms with E-state index in [0.29, 0.717) is 23.3 Å². The van der Waals surface area contributed by atoms with Gasteiger partial charge in [0.2, 0.25) is 0 Å². The average molecular weight is 495 g/mol. The Hall–Kier alpha value is -1.96. The van der Waals surface area contributed by atoms with Gasteiger partial charge < -0.3 is 10.2 Å². The van der Waals surface area contributed by atoms with E-state index in [0.717, 1.165) is 47.9 Å². The van der Waals surface area contributed by atoms with Crippen molar-refractivity contribution in [1.29, 1.82) is 0 Å². The quantitative estimate of drug-likeness (QED) is 0.326. The Labute approximate surface area is 222 Å². The van der Waals surface area contributed by atoms with Crippen molar-refractivity contribution in [2.24, 2.45) is 0 Å². The van der Waals surface area contributed by atoms with Gasteiger partial charge in [0.05, 0.1) is 0 Å². The second-order valence-electron chi connectivity index (χ2n) is 12.9. The molecular formula is C34H54O2. The summed E-state index contributed by atoms with van der Waals surface area (Å²) in [5.41, 5.74) is 5.64. The maximum absolute atomic E-state index is 11.7. The lowest BCUT2D eigenvalue weighted by Crippen LogP contribution is -2.15. The Morgan fingerprint density at radius 2 is 0.917 bits per heavy atom. The third-order valence-electron chi connectivity index (χ3n) is 7.91. The fourth-order valence-corrected chi connectivity index (χ4v) is 5.45. The SMILES string of the molecule is CCCCC(CC)c1cc(-c2cc(C(CC)CCCC)cc(C(C)(C)C)c2O)c(O)c(C(C)(C)C)c1. The van der Waals surface area contributed by atoms with E-state index in [4.69, 9.17) is 0 Å². The Kier molecular flexibility index (Phi) is 10.5. The summed E-state index contributed by atoms with van der Waals surface area (Å²) in [5, 5.41) is 23.3. The highest BCUT2D eigenvalue weighted by Crippen LogP contribution is 2.48. The minimum atomic E-state index is -0.203. The molecule has 0 heterocycles.